The van der Waals surface area contributed by atoms with Gasteiger partial charge in [0.2, 0.25) is 0 Å². The van der Waals surface area contributed by atoms with Crippen LogP contribution in [0.4, 0.5) is 35.9 Å². The fourth-order valence-electron chi connectivity index (χ4n) is 8.02. The number of halogens is 10. The summed E-state index contributed by atoms with van der Waals surface area (Å²) in [5.74, 6) is 3.77. The minimum absolute atomic E-state index is 0.0366. The normalized spacial score (nSPS) is 19.9. The van der Waals surface area contributed by atoms with Crippen molar-refractivity contribution >= 4 is 81.6 Å². The minimum atomic E-state index is -4.48. The maximum absolute atomic E-state index is 12.8. The molecular formula is C47H45Cl4F6N7O7. The number of carboxylic acids is 1. The Bertz CT molecular complexity index is 2760. The molecule has 4 heterocycles. The van der Waals surface area contributed by atoms with E-state index in [2.05, 4.69) is 10.3 Å². The Kier molecular flexibility index (Phi) is 16.5. The lowest BCUT2D eigenvalue weighted by Gasteiger charge is -2.22. The van der Waals surface area contributed by atoms with Crippen LogP contribution in [-0.2, 0) is 20.9 Å². The van der Waals surface area contributed by atoms with Gasteiger partial charge in [-0.1, -0.05) is 74.9 Å². The lowest BCUT2D eigenvalue weighted by Crippen LogP contribution is -2.40. The van der Waals surface area contributed by atoms with Crippen molar-refractivity contribution in [3.8, 4) is 0 Å². The molecular weight excluding hydrogens is 1030 g/mol. The number of nitrogens with zero attached hydrogens (tertiary/aromatic N) is 6. The molecule has 4 aliphatic heterocycles. The molecule has 2 atom stereocenters. The molecule has 4 aliphatic rings. The Hall–Kier alpha value is -5.80. The second-order valence-electron chi connectivity index (χ2n) is 17.4. The molecule has 3 N–H and O–H groups in total. The standard InChI is InChI=1S/C24H22Cl2F3N3O3.C18H15Cl2NO3.C5H8F3N3O/c1-14-7-15(20-11-23(2,35-30-20)16-8-17(25)10-18(26)9-16)3-4-19(14)21(33)12-31-5-6-32(22(31)34)13-24(27,28)29;1-10-5-11(3-4-15(10)17(22)23)16-9-18(2,24-21-16)12-6-13(19)8-14(20)7-12;6-5(7,8)3-10-1-2-11(9)4(10)12/h3-4,7-10H,5-6,11-13H2,1-2H3;3-8H,9H2,1-2H3,(H,22,23);1-3,9H2. The summed E-state index contributed by atoms with van der Waals surface area (Å²) in [7, 11) is 0. The van der Waals surface area contributed by atoms with Crippen molar-refractivity contribution in [1.82, 2.24) is 19.7 Å². The fraction of sp³-hybridized carbons (Fsp3) is 0.362. The quantitative estimate of drug-likeness (QED) is 0.0684. The SMILES string of the molecule is Cc1cc(C2=NOC(C)(c3cc(Cl)cc(Cl)c3)C2)ccc1C(=O)CN1CCN(CC(F)(F)F)C1=O.Cc1cc(C2=NOC(C)(c3cc(Cl)cc(Cl)c3)C2)ccc1C(=O)O.NN1CCN(CC(F)(F)F)C1=O. The highest BCUT2D eigenvalue weighted by Crippen LogP contribution is 2.40. The number of aryl methyl sites for hydroxylation is 2. The van der Waals surface area contributed by atoms with Gasteiger partial charge in [-0.05, 0) is 105 Å². The summed E-state index contributed by atoms with van der Waals surface area (Å²) in [6.45, 7) is 4.67. The molecule has 2 unspecified atom stereocenters. The van der Waals surface area contributed by atoms with Gasteiger partial charge in [0.1, 0.15) is 13.1 Å². The van der Waals surface area contributed by atoms with Gasteiger partial charge in [-0.25, -0.2) is 20.2 Å². The molecule has 0 saturated carbocycles. The molecule has 14 nitrogen and oxygen atoms in total. The number of ketones is 1. The molecule has 4 aromatic carbocycles. The molecule has 0 aromatic heterocycles. The number of amides is 4. The second-order valence-corrected chi connectivity index (χ2v) is 19.2. The number of carboxylic acid groups (broad SMARTS) is 1. The van der Waals surface area contributed by atoms with Crippen molar-refractivity contribution in [3.63, 3.8) is 0 Å². The number of carbonyl (C=O) groups excluding carboxylic acids is 3. The van der Waals surface area contributed by atoms with Crippen molar-refractivity contribution in [2.45, 2.75) is 64.1 Å². The van der Waals surface area contributed by atoms with E-state index in [0.29, 0.717) is 65.1 Å². The summed E-state index contributed by atoms with van der Waals surface area (Å²) in [5.41, 5.74) is 5.27. The molecule has 2 saturated heterocycles. The zero-order valence-electron chi connectivity index (χ0n) is 38.2. The highest BCUT2D eigenvalue weighted by Gasteiger charge is 2.41. The average molecular weight is 1080 g/mol. The third-order valence-corrected chi connectivity index (χ3v) is 12.6. The lowest BCUT2D eigenvalue weighted by molar-refractivity contribution is -0.139. The first-order valence-corrected chi connectivity index (χ1v) is 22.9. The largest absolute Gasteiger partial charge is 0.478 e. The van der Waals surface area contributed by atoms with Crippen molar-refractivity contribution < 1.29 is 60.3 Å². The zero-order chi connectivity index (χ0) is 52.4. The predicted molar refractivity (Wildman–Crippen MR) is 254 cm³/mol. The lowest BCUT2D eigenvalue weighted by atomic mass is 9.88. The van der Waals surface area contributed by atoms with Crippen LogP contribution >= 0.6 is 46.4 Å². The summed E-state index contributed by atoms with van der Waals surface area (Å²) in [6, 6.07) is 19.2. The number of benzene rings is 4. The van der Waals surface area contributed by atoms with E-state index in [4.69, 9.17) is 67.0 Å². The molecule has 0 aliphatic carbocycles. The zero-order valence-corrected chi connectivity index (χ0v) is 41.3. The number of oxime groups is 2. The topological polar surface area (TPSA) is 171 Å². The van der Waals surface area contributed by atoms with Crippen LogP contribution in [0.1, 0.15) is 80.8 Å². The van der Waals surface area contributed by atoms with Crippen LogP contribution in [0.3, 0.4) is 0 Å². The highest BCUT2D eigenvalue weighted by atomic mass is 35.5. The molecule has 4 amide bonds. The number of nitrogens with two attached hydrogens (primary N) is 1. The molecule has 380 valence electrons. The van der Waals surface area contributed by atoms with E-state index < -0.39 is 54.7 Å². The van der Waals surface area contributed by atoms with Gasteiger partial charge in [-0.2, -0.15) is 26.3 Å². The molecule has 8 rings (SSSR count). The molecule has 0 spiro atoms. The summed E-state index contributed by atoms with van der Waals surface area (Å²) >= 11 is 24.4. The van der Waals surface area contributed by atoms with E-state index in [0.717, 1.165) is 37.9 Å². The molecule has 24 heteroatoms. The Balaban J connectivity index is 0.000000197. The summed E-state index contributed by atoms with van der Waals surface area (Å²) in [6.07, 6.45) is -7.84. The van der Waals surface area contributed by atoms with Gasteiger partial charge in [0, 0.05) is 69.3 Å². The number of alkyl halides is 6. The van der Waals surface area contributed by atoms with E-state index in [-0.39, 0.29) is 44.1 Å². The Morgan fingerprint density at radius 1 is 0.634 bits per heavy atom. The van der Waals surface area contributed by atoms with Crippen LogP contribution < -0.4 is 5.84 Å². The van der Waals surface area contributed by atoms with Gasteiger partial charge in [0.25, 0.3) is 0 Å². The molecule has 4 aromatic rings. The Morgan fingerprint density at radius 3 is 1.41 bits per heavy atom. The van der Waals surface area contributed by atoms with Gasteiger partial charge < -0.3 is 29.5 Å². The number of hydrogen-bond acceptors (Lipinski definition) is 9. The summed E-state index contributed by atoms with van der Waals surface area (Å²) < 4.78 is 73.1. The van der Waals surface area contributed by atoms with Gasteiger partial charge in [-0.3, -0.25) is 9.80 Å². The monoisotopic (exact) mass is 1070 g/mol. The van der Waals surface area contributed by atoms with Crippen molar-refractivity contribution in [2.24, 2.45) is 16.2 Å². The maximum Gasteiger partial charge on any atom is 0.406 e. The Labute approximate surface area is 423 Å². The molecule has 0 radical (unpaired) electrons. The van der Waals surface area contributed by atoms with Crippen molar-refractivity contribution in [2.75, 3.05) is 45.8 Å². The van der Waals surface area contributed by atoms with E-state index in [1.165, 1.54) is 0 Å². The maximum atomic E-state index is 12.8. The van der Waals surface area contributed by atoms with Gasteiger partial charge in [0.15, 0.2) is 17.0 Å². The molecule has 2 fully saturated rings. The first kappa shape index (κ1) is 54.5. The third-order valence-electron chi connectivity index (χ3n) is 11.7. The summed E-state index contributed by atoms with van der Waals surface area (Å²) in [4.78, 5) is 60.9. The minimum Gasteiger partial charge on any atom is -0.478 e. The van der Waals surface area contributed by atoms with Crippen molar-refractivity contribution in [1.29, 1.82) is 0 Å². The number of urea groups is 2. The first-order chi connectivity index (χ1) is 33.0. The number of hydrazine groups is 1. The number of rotatable bonds is 10. The third kappa shape index (κ3) is 13.8. The van der Waals surface area contributed by atoms with Crippen LogP contribution in [0.25, 0.3) is 0 Å². The van der Waals surface area contributed by atoms with Crippen molar-refractivity contribution in [3.05, 3.63) is 137 Å². The van der Waals surface area contributed by atoms with E-state index in [9.17, 15) is 45.5 Å². The second kappa shape index (κ2) is 21.5. The smallest absolute Gasteiger partial charge is 0.406 e. The van der Waals surface area contributed by atoms with Crippen LogP contribution in [0, 0.1) is 13.8 Å². The van der Waals surface area contributed by atoms with Crippen LogP contribution in [0.15, 0.2) is 83.1 Å². The van der Waals surface area contributed by atoms with E-state index in [1.807, 2.05) is 32.0 Å². The van der Waals surface area contributed by atoms with Crippen LogP contribution in [0.2, 0.25) is 20.1 Å². The van der Waals surface area contributed by atoms with Crippen LogP contribution in [0.5, 0.6) is 0 Å². The highest BCUT2D eigenvalue weighted by molar-refractivity contribution is 6.35. The van der Waals surface area contributed by atoms with Gasteiger partial charge in [-0.15, -0.1) is 0 Å². The van der Waals surface area contributed by atoms with Gasteiger partial charge in [0.05, 0.1) is 30.1 Å². The molecule has 71 heavy (non-hydrogen) atoms. The predicted octanol–water partition coefficient (Wildman–Crippen LogP) is 11.0. The number of Topliss-reactive ketones (excluding diaryl/α,β-unsaturated/α-hetero) is 1. The molecule has 0 bridgehead atoms. The first-order valence-electron chi connectivity index (χ1n) is 21.4. The van der Waals surface area contributed by atoms with Gasteiger partial charge >= 0.3 is 30.4 Å². The van der Waals surface area contributed by atoms with E-state index >= 15 is 0 Å². The van der Waals surface area contributed by atoms with E-state index in [1.54, 1.807) is 68.4 Å². The average Bonchev–Trinajstić information content (AvgIpc) is 4.04. The number of carbonyl (C=O) groups is 4. The Morgan fingerprint density at radius 2 is 1.03 bits per heavy atom. The fourth-order valence-corrected chi connectivity index (χ4v) is 9.07. The number of aromatic carboxylic acids is 1. The van der Waals surface area contributed by atoms with Crippen LogP contribution in [-0.4, -0.2) is 118 Å². The number of hydrogen-bond donors (Lipinski definition) is 2. The summed E-state index contributed by atoms with van der Waals surface area (Å²) in [5, 5.41) is 20.4.